The second-order valence-electron chi connectivity index (χ2n) is 5.34. The first-order valence-corrected chi connectivity index (χ1v) is 7.26. The van der Waals surface area contributed by atoms with Crippen molar-refractivity contribution in [2.45, 2.75) is 25.7 Å². The number of carbonyl (C=O) groups excluding carboxylic acids is 1. The Morgan fingerprint density at radius 3 is 2.71 bits per heavy atom. The number of carboxylic acid groups (broad SMARTS) is 1. The van der Waals surface area contributed by atoms with Crippen LogP contribution in [0.2, 0.25) is 0 Å². The van der Waals surface area contributed by atoms with E-state index in [1.165, 1.54) is 0 Å². The van der Waals surface area contributed by atoms with Crippen molar-refractivity contribution in [2.75, 3.05) is 13.7 Å². The molecule has 1 aliphatic rings. The fourth-order valence-corrected chi connectivity index (χ4v) is 2.93. The molecule has 1 aliphatic carbocycles. The van der Waals surface area contributed by atoms with Gasteiger partial charge in [-0.3, -0.25) is 9.59 Å². The number of aliphatic carboxylic acids is 1. The van der Waals surface area contributed by atoms with E-state index in [4.69, 9.17) is 9.84 Å². The minimum atomic E-state index is -0.864. The van der Waals surface area contributed by atoms with Crippen molar-refractivity contribution < 1.29 is 19.4 Å². The minimum Gasteiger partial charge on any atom is -0.496 e. The zero-order valence-electron chi connectivity index (χ0n) is 12.2. The summed E-state index contributed by atoms with van der Waals surface area (Å²) in [5.41, 5.74) is 1.03. The van der Waals surface area contributed by atoms with E-state index in [-0.39, 0.29) is 11.8 Å². The van der Waals surface area contributed by atoms with E-state index in [0.717, 1.165) is 17.7 Å². The molecule has 21 heavy (non-hydrogen) atoms. The van der Waals surface area contributed by atoms with Gasteiger partial charge in [-0.25, -0.2) is 0 Å². The van der Waals surface area contributed by atoms with Crippen molar-refractivity contribution in [3.8, 4) is 5.75 Å². The van der Waals surface area contributed by atoms with E-state index in [1.54, 1.807) is 7.11 Å². The van der Waals surface area contributed by atoms with Crippen LogP contribution in [-0.2, 0) is 16.0 Å². The topological polar surface area (TPSA) is 75.6 Å². The van der Waals surface area contributed by atoms with Crippen LogP contribution >= 0.6 is 0 Å². The molecule has 2 atom stereocenters. The lowest BCUT2D eigenvalue weighted by Crippen LogP contribution is -2.36. The maximum Gasteiger partial charge on any atom is 0.307 e. The zero-order valence-corrected chi connectivity index (χ0v) is 12.2. The lowest BCUT2D eigenvalue weighted by Gasteiger charge is -2.16. The molecular weight excluding hydrogens is 270 g/mol. The highest BCUT2D eigenvalue weighted by Crippen LogP contribution is 2.32. The second kappa shape index (κ2) is 7.11. The van der Waals surface area contributed by atoms with Gasteiger partial charge in [0.05, 0.1) is 18.9 Å². The number of rotatable bonds is 6. The van der Waals surface area contributed by atoms with Crippen LogP contribution in [0.3, 0.4) is 0 Å². The summed E-state index contributed by atoms with van der Waals surface area (Å²) in [7, 11) is 1.62. The van der Waals surface area contributed by atoms with Crippen molar-refractivity contribution >= 4 is 11.9 Å². The summed E-state index contributed by atoms with van der Waals surface area (Å²) in [6.07, 6.45) is 2.74. The molecule has 2 unspecified atom stereocenters. The summed E-state index contributed by atoms with van der Waals surface area (Å²) in [6, 6.07) is 7.67. The number of benzene rings is 1. The summed E-state index contributed by atoms with van der Waals surface area (Å²) >= 11 is 0. The number of amides is 1. The van der Waals surface area contributed by atoms with Gasteiger partial charge in [-0.15, -0.1) is 0 Å². The molecular formula is C16H21NO4. The number of carbonyl (C=O) groups is 2. The molecule has 0 bridgehead atoms. The predicted molar refractivity (Wildman–Crippen MR) is 78.2 cm³/mol. The fraction of sp³-hybridized carbons (Fsp3) is 0.500. The molecule has 1 aromatic rings. The van der Waals surface area contributed by atoms with Gasteiger partial charge in [0.2, 0.25) is 5.91 Å². The largest absolute Gasteiger partial charge is 0.496 e. The second-order valence-corrected chi connectivity index (χ2v) is 5.34. The van der Waals surface area contributed by atoms with Crippen molar-refractivity contribution in [2.24, 2.45) is 11.8 Å². The molecule has 114 valence electrons. The van der Waals surface area contributed by atoms with Crippen molar-refractivity contribution in [3.05, 3.63) is 29.8 Å². The Balaban J connectivity index is 1.85. The first-order chi connectivity index (χ1) is 10.1. The van der Waals surface area contributed by atoms with Crippen molar-refractivity contribution in [1.82, 2.24) is 5.32 Å². The molecule has 1 saturated carbocycles. The molecule has 2 rings (SSSR count). The summed E-state index contributed by atoms with van der Waals surface area (Å²) in [5.74, 6) is -1.13. The van der Waals surface area contributed by atoms with Gasteiger partial charge in [0.25, 0.3) is 0 Å². The Morgan fingerprint density at radius 2 is 2.00 bits per heavy atom. The van der Waals surface area contributed by atoms with Crippen LogP contribution in [0.25, 0.3) is 0 Å². The molecule has 2 N–H and O–H groups in total. The lowest BCUT2D eigenvalue weighted by molar-refractivity contribution is -0.146. The van der Waals surface area contributed by atoms with E-state index in [9.17, 15) is 9.59 Å². The molecule has 0 aliphatic heterocycles. The van der Waals surface area contributed by atoms with Crippen LogP contribution in [0.1, 0.15) is 24.8 Å². The number of ether oxygens (including phenoxy) is 1. The maximum atomic E-state index is 12.1. The maximum absolute atomic E-state index is 12.1. The molecule has 0 heterocycles. The van der Waals surface area contributed by atoms with Gasteiger partial charge in [0.1, 0.15) is 5.75 Å². The molecule has 0 spiro atoms. The van der Waals surface area contributed by atoms with Gasteiger partial charge in [0.15, 0.2) is 0 Å². The van der Waals surface area contributed by atoms with Gasteiger partial charge >= 0.3 is 5.97 Å². The highest BCUT2D eigenvalue weighted by molar-refractivity contribution is 5.85. The predicted octanol–water partition coefficient (Wildman–Crippen LogP) is 1.85. The number of hydrogen-bond donors (Lipinski definition) is 2. The fourth-order valence-electron chi connectivity index (χ4n) is 2.93. The number of hydrogen-bond acceptors (Lipinski definition) is 3. The number of nitrogens with one attached hydrogen (secondary N) is 1. The molecule has 1 fully saturated rings. The number of para-hydroxylation sites is 1. The first kappa shape index (κ1) is 15.4. The van der Waals surface area contributed by atoms with E-state index in [2.05, 4.69) is 5.32 Å². The van der Waals surface area contributed by atoms with Gasteiger partial charge in [-0.05, 0) is 30.9 Å². The quantitative estimate of drug-likeness (QED) is 0.838. The third-order valence-electron chi connectivity index (χ3n) is 4.06. The van der Waals surface area contributed by atoms with Gasteiger partial charge < -0.3 is 15.2 Å². The first-order valence-electron chi connectivity index (χ1n) is 7.26. The number of methoxy groups -OCH3 is 1. The summed E-state index contributed by atoms with van der Waals surface area (Å²) < 4.78 is 5.26. The highest BCUT2D eigenvalue weighted by Gasteiger charge is 2.37. The summed E-state index contributed by atoms with van der Waals surface area (Å²) in [5, 5.41) is 12.0. The van der Waals surface area contributed by atoms with Crippen molar-refractivity contribution in [1.29, 1.82) is 0 Å². The summed E-state index contributed by atoms with van der Waals surface area (Å²) in [4.78, 5) is 23.2. The Hall–Kier alpha value is -2.04. The third-order valence-corrected chi connectivity index (χ3v) is 4.06. The van der Waals surface area contributed by atoms with Crippen LogP contribution in [0.15, 0.2) is 24.3 Å². The minimum absolute atomic E-state index is 0.144. The average molecular weight is 291 g/mol. The molecule has 1 aromatic carbocycles. The number of carboxylic acids is 1. The lowest BCUT2D eigenvalue weighted by atomic mass is 9.95. The van der Waals surface area contributed by atoms with Crippen LogP contribution in [-0.4, -0.2) is 30.6 Å². The average Bonchev–Trinajstić information content (AvgIpc) is 2.97. The molecule has 5 nitrogen and oxygen atoms in total. The van der Waals surface area contributed by atoms with Gasteiger partial charge in [-0.2, -0.15) is 0 Å². The van der Waals surface area contributed by atoms with E-state index in [1.807, 2.05) is 24.3 Å². The SMILES string of the molecule is COc1ccccc1CCNC(=O)C1CCCC1C(=O)O. The monoisotopic (exact) mass is 291 g/mol. The van der Waals surface area contributed by atoms with Crippen LogP contribution in [0.4, 0.5) is 0 Å². The van der Waals surface area contributed by atoms with Crippen molar-refractivity contribution in [3.63, 3.8) is 0 Å². The van der Waals surface area contributed by atoms with E-state index in [0.29, 0.717) is 25.8 Å². The van der Waals surface area contributed by atoms with Crippen LogP contribution in [0, 0.1) is 11.8 Å². The normalized spacial score (nSPS) is 21.0. The van der Waals surface area contributed by atoms with Crippen LogP contribution < -0.4 is 10.1 Å². The van der Waals surface area contributed by atoms with Crippen LogP contribution in [0.5, 0.6) is 5.75 Å². The molecule has 5 heteroatoms. The Morgan fingerprint density at radius 1 is 1.29 bits per heavy atom. The molecule has 0 radical (unpaired) electrons. The summed E-state index contributed by atoms with van der Waals surface area (Å²) in [6.45, 7) is 0.488. The zero-order chi connectivity index (χ0) is 15.2. The third kappa shape index (κ3) is 3.74. The Labute approximate surface area is 124 Å². The Kier molecular flexibility index (Phi) is 5.20. The Bertz CT molecular complexity index is 515. The standard InChI is InChI=1S/C16H21NO4/c1-21-14-8-3-2-5-11(14)9-10-17-15(18)12-6-4-7-13(12)16(19)20/h2-3,5,8,12-13H,4,6-7,9-10H2,1H3,(H,17,18)(H,19,20). The molecule has 0 saturated heterocycles. The molecule has 0 aromatic heterocycles. The van der Waals surface area contributed by atoms with Gasteiger partial charge in [0, 0.05) is 6.54 Å². The highest BCUT2D eigenvalue weighted by atomic mass is 16.5. The smallest absolute Gasteiger partial charge is 0.307 e. The van der Waals surface area contributed by atoms with E-state index < -0.39 is 11.9 Å². The van der Waals surface area contributed by atoms with E-state index >= 15 is 0 Å². The van der Waals surface area contributed by atoms with Gasteiger partial charge in [-0.1, -0.05) is 24.6 Å². The molecule has 1 amide bonds.